The number of nitrogens with zero attached hydrogens (tertiary/aromatic N) is 4. The van der Waals surface area contributed by atoms with Crippen LogP contribution in [0.5, 0.6) is 5.88 Å². The number of thiazole rings is 1. The maximum Gasteiger partial charge on any atom is 0.232 e. The predicted molar refractivity (Wildman–Crippen MR) is 96.9 cm³/mol. The Bertz CT molecular complexity index is 849. The number of anilines is 1. The number of fused-ring (bicyclic) bond motifs is 1. The van der Waals surface area contributed by atoms with Gasteiger partial charge in [0.1, 0.15) is 0 Å². The lowest BCUT2D eigenvalue weighted by atomic mass is 10.1. The summed E-state index contributed by atoms with van der Waals surface area (Å²) in [6, 6.07) is 4.37. The Morgan fingerprint density at radius 3 is 3.04 bits per heavy atom. The van der Waals surface area contributed by atoms with Crippen LogP contribution in [-0.4, -0.2) is 34.6 Å². The normalized spacial score (nSPS) is 17.6. The molecule has 1 aromatic carbocycles. The first-order valence-corrected chi connectivity index (χ1v) is 9.03. The van der Waals surface area contributed by atoms with Crippen molar-refractivity contribution in [2.75, 3.05) is 24.6 Å². The summed E-state index contributed by atoms with van der Waals surface area (Å²) in [5, 5.41) is 1.13. The van der Waals surface area contributed by atoms with E-state index in [1.807, 2.05) is 0 Å². The summed E-state index contributed by atoms with van der Waals surface area (Å²) in [6.45, 7) is 6.99. The van der Waals surface area contributed by atoms with E-state index in [9.17, 15) is 0 Å². The molecule has 0 radical (unpaired) electrons. The lowest BCUT2D eigenvalue weighted by Crippen LogP contribution is -2.21. The molecule has 1 aliphatic rings. The Labute approximate surface area is 145 Å². The molecule has 1 fully saturated rings. The van der Waals surface area contributed by atoms with Crippen LogP contribution in [0.25, 0.3) is 10.2 Å². The molecule has 3 aromatic rings. The van der Waals surface area contributed by atoms with Gasteiger partial charge in [0, 0.05) is 31.4 Å². The van der Waals surface area contributed by atoms with E-state index >= 15 is 0 Å². The van der Waals surface area contributed by atoms with Gasteiger partial charge in [-0.3, -0.25) is 4.98 Å². The topological polar surface area (TPSA) is 51.1 Å². The van der Waals surface area contributed by atoms with Crippen molar-refractivity contribution in [3.63, 3.8) is 0 Å². The summed E-state index contributed by atoms with van der Waals surface area (Å²) in [6.07, 6.45) is 6.09. The van der Waals surface area contributed by atoms with Gasteiger partial charge in [0.05, 0.1) is 23.0 Å². The lowest BCUT2D eigenvalue weighted by Gasteiger charge is -2.15. The first-order valence-electron chi connectivity index (χ1n) is 8.21. The second-order valence-electron chi connectivity index (χ2n) is 6.31. The number of ether oxygens (including phenoxy) is 1. The van der Waals surface area contributed by atoms with Crippen LogP contribution in [0.4, 0.5) is 5.13 Å². The minimum absolute atomic E-state index is 0.502. The van der Waals surface area contributed by atoms with Crippen LogP contribution in [0.2, 0.25) is 0 Å². The summed E-state index contributed by atoms with van der Waals surface area (Å²) in [7, 11) is 0. The highest BCUT2D eigenvalue weighted by Gasteiger charge is 2.25. The maximum atomic E-state index is 5.75. The molecule has 5 nitrogen and oxygen atoms in total. The Kier molecular flexibility index (Phi) is 4.06. The van der Waals surface area contributed by atoms with Crippen LogP contribution in [0, 0.1) is 19.8 Å². The van der Waals surface area contributed by atoms with Crippen molar-refractivity contribution in [3.05, 3.63) is 41.9 Å². The van der Waals surface area contributed by atoms with Crippen molar-refractivity contribution in [1.82, 2.24) is 15.0 Å². The SMILES string of the molecule is Cc1ccc2sc(N3CCC(COc4cnccn4)C3)nc2c1C. The molecule has 0 bridgehead atoms. The first-order chi connectivity index (χ1) is 11.7. The van der Waals surface area contributed by atoms with Crippen LogP contribution in [0.1, 0.15) is 17.5 Å². The molecule has 2 aromatic heterocycles. The number of rotatable bonds is 4. The Morgan fingerprint density at radius 2 is 2.21 bits per heavy atom. The molecule has 1 aliphatic heterocycles. The molecule has 1 unspecified atom stereocenters. The van der Waals surface area contributed by atoms with Crippen LogP contribution in [0.15, 0.2) is 30.7 Å². The van der Waals surface area contributed by atoms with Gasteiger partial charge in [0.25, 0.3) is 0 Å². The fourth-order valence-electron chi connectivity index (χ4n) is 3.06. The fourth-order valence-corrected chi connectivity index (χ4v) is 4.12. The van der Waals surface area contributed by atoms with E-state index in [2.05, 4.69) is 40.8 Å². The van der Waals surface area contributed by atoms with Crippen LogP contribution in [-0.2, 0) is 0 Å². The lowest BCUT2D eigenvalue weighted by molar-refractivity contribution is 0.251. The van der Waals surface area contributed by atoms with Crippen molar-refractivity contribution in [3.8, 4) is 5.88 Å². The van der Waals surface area contributed by atoms with Gasteiger partial charge in [-0.1, -0.05) is 17.4 Å². The smallest absolute Gasteiger partial charge is 0.232 e. The van der Waals surface area contributed by atoms with Gasteiger partial charge in [-0.25, -0.2) is 9.97 Å². The molecule has 0 N–H and O–H groups in total. The summed E-state index contributed by atoms with van der Waals surface area (Å²) in [5.74, 6) is 1.10. The molecule has 124 valence electrons. The van der Waals surface area contributed by atoms with Gasteiger partial charge in [0.2, 0.25) is 5.88 Å². The second kappa shape index (κ2) is 6.36. The second-order valence-corrected chi connectivity index (χ2v) is 7.32. The van der Waals surface area contributed by atoms with E-state index in [-0.39, 0.29) is 0 Å². The van der Waals surface area contributed by atoms with Gasteiger partial charge in [-0.15, -0.1) is 0 Å². The third-order valence-corrected chi connectivity index (χ3v) is 5.72. The fraction of sp³-hybridized carbons (Fsp3) is 0.389. The molecule has 4 rings (SSSR count). The molecular weight excluding hydrogens is 320 g/mol. The maximum absolute atomic E-state index is 5.75. The van der Waals surface area contributed by atoms with Gasteiger partial charge >= 0.3 is 0 Å². The van der Waals surface area contributed by atoms with Crippen LogP contribution in [0.3, 0.4) is 0 Å². The Hall–Kier alpha value is -2.21. The molecule has 3 heterocycles. The average molecular weight is 340 g/mol. The Morgan fingerprint density at radius 1 is 1.29 bits per heavy atom. The van der Waals surface area contributed by atoms with Gasteiger partial charge < -0.3 is 9.64 Å². The third kappa shape index (κ3) is 2.94. The molecule has 1 saturated heterocycles. The highest BCUT2D eigenvalue weighted by atomic mass is 32.1. The van der Waals surface area contributed by atoms with Crippen molar-refractivity contribution < 1.29 is 4.74 Å². The molecule has 0 saturated carbocycles. The first kappa shape index (κ1) is 15.3. The molecule has 1 atom stereocenters. The van der Waals surface area contributed by atoms with E-state index in [0.29, 0.717) is 18.4 Å². The van der Waals surface area contributed by atoms with Crippen LogP contribution >= 0.6 is 11.3 Å². The van der Waals surface area contributed by atoms with E-state index in [0.717, 1.165) is 30.2 Å². The van der Waals surface area contributed by atoms with E-state index < -0.39 is 0 Å². The van der Waals surface area contributed by atoms with Gasteiger partial charge in [-0.05, 0) is 37.5 Å². The minimum atomic E-state index is 0.502. The standard InChI is InChI=1S/C18H20N4OS/c1-12-3-4-15-17(13(12)2)21-18(24-15)22-8-5-14(10-22)11-23-16-9-19-6-7-20-16/h3-4,6-7,9,14H,5,8,10-11H2,1-2H3. The van der Waals surface area contributed by atoms with Crippen molar-refractivity contribution in [2.45, 2.75) is 20.3 Å². The third-order valence-electron chi connectivity index (χ3n) is 4.64. The summed E-state index contributed by atoms with van der Waals surface area (Å²) in [5.41, 5.74) is 3.74. The number of hydrogen-bond donors (Lipinski definition) is 0. The predicted octanol–water partition coefficient (Wildman–Crippen LogP) is 3.61. The number of hydrogen-bond acceptors (Lipinski definition) is 6. The van der Waals surface area contributed by atoms with Crippen molar-refractivity contribution in [2.24, 2.45) is 5.92 Å². The number of aryl methyl sites for hydroxylation is 2. The molecule has 6 heteroatoms. The van der Waals surface area contributed by atoms with Gasteiger partial charge in [0.15, 0.2) is 5.13 Å². The van der Waals surface area contributed by atoms with E-state index in [1.54, 1.807) is 29.9 Å². The zero-order valence-electron chi connectivity index (χ0n) is 13.9. The summed E-state index contributed by atoms with van der Waals surface area (Å²) < 4.78 is 7.02. The quantitative estimate of drug-likeness (QED) is 0.726. The molecule has 24 heavy (non-hydrogen) atoms. The molecule has 0 aliphatic carbocycles. The molecule has 0 amide bonds. The number of benzene rings is 1. The minimum Gasteiger partial charge on any atom is -0.476 e. The summed E-state index contributed by atoms with van der Waals surface area (Å²) >= 11 is 1.79. The zero-order chi connectivity index (χ0) is 16.5. The van der Waals surface area contributed by atoms with Crippen LogP contribution < -0.4 is 9.64 Å². The highest BCUT2D eigenvalue weighted by molar-refractivity contribution is 7.22. The van der Waals surface area contributed by atoms with Crippen molar-refractivity contribution >= 4 is 26.7 Å². The van der Waals surface area contributed by atoms with Gasteiger partial charge in [-0.2, -0.15) is 0 Å². The largest absolute Gasteiger partial charge is 0.476 e. The average Bonchev–Trinajstić information content (AvgIpc) is 3.24. The summed E-state index contributed by atoms with van der Waals surface area (Å²) in [4.78, 5) is 15.4. The monoisotopic (exact) mass is 340 g/mol. The van der Waals surface area contributed by atoms with E-state index in [4.69, 9.17) is 9.72 Å². The Balaban J connectivity index is 1.44. The molecular formula is C18H20N4OS. The molecule has 0 spiro atoms. The highest BCUT2D eigenvalue weighted by Crippen LogP contribution is 2.34. The van der Waals surface area contributed by atoms with E-state index in [1.165, 1.54) is 15.8 Å². The number of aromatic nitrogens is 3. The van der Waals surface area contributed by atoms with Crippen molar-refractivity contribution in [1.29, 1.82) is 0 Å². The zero-order valence-corrected chi connectivity index (χ0v) is 14.7.